The number of carbonyl (C=O) groups is 1. The van der Waals surface area contributed by atoms with Crippen LogP contribution in [-0.4, -0.2) is 42.0 Å². The third-order valence-corrected chi connectivity index (χ3v) is 4.15. The van der Waals surface area contributed by atoms with Gasteiger partial charge in [-0.15, -0.1) is 0 Å². The molecule has 1 fully saturated rings. The Morgan fingerprint density at radius 3 is 3.15 bits per heavy atom. The molecule has 0 spiro atoms. The minimum absolute atomic E-state index is 0.243. The molecule has 4 nitrogen and oxygen atoms in total. The highest BCUT2D eigenvalue weighted by Crippen LogP contribution is 2.22. The molecule has 1 aromatic carbocycles. The lowest BCUT2D eigenvalue weighted by Gasteiger charge is -2.24. The molecule has 2 N–H and O–H groups in total. The quantitative estimate of drug-likeness (QED) is 0.892. The van der Waals surface area contributed by atoms with Gasteiger partial charge in [-0.2, -0.15) is 0 Å². The van der Waals surface area contributed by atoms with Gasteiger partial charge in [0.2, 0.25) is 5.91 Å². The number of rotatable bonds is 4. The molecule has 2 aromatic rings. The van der Waals surface area contributed by atoms with Gasteiger partial charge in [-0.25, -0.2) is 0 Å². The molecule has 1 unspecified atom stereocenters. The van der Waals surface area contributed by atoms with Crippen LogP contribution >= 0.6 is 0 Å². The maximum absolute atomic E-state index is 12.5. The molecule has 1 aliphatic rings. The number of aromatic nitrogens is 1. The molecule has 1 amide bonds. The second-order valence-corrected chi connectivity index (χ2v) is 5.48. The normalized spacial score (nSPS) is 18.9. The van der Waals surface area contributed by atoms with E-state index in [9.17, 15) is 4.79 Å². The Balaban J connectivity index is 1.75. The van der Waals surface area contributed by atoms with Crippen molar-refractivity contribution in [2.75, 3.05) is 20.1 Å². The summed E-state index contributed by atoms with van der Waals surface area (Å²) >= 11 is 0. The minimum Gasteiger partial charge on any atom is -0.361 e. The number of para-hydroxylation sites is 1. The number of nitrogens with one attached hydrogen (secondary N) is 2. The number of benzene rings is 1. The molecule has 1 saturated heterocycles. The van der Waals surface area contributed by atoms with E-state index in [1.54, 1.807) is 0 Å². The van der Waals surface area contributed by atoms with Gasteiger partial charge in [0.25, 0.3) is 0 Å². The van der Waals surface area contributed by atoms with Crippen molar-refractivity contribution < 1.29 is 4.79 Å². The van der Waals surface area contributed by atoms with Crippen LogP contribution in [0.15, 0.2) is 30.5 Å². The van der Waals surface area contributed by atoms with Crippen LogP contribution in [0.1, 0.15) is 18.4 Å². The number of likely N-dealkylation sites (tertiary alicyclic amines) is 1. The molecular weight excluding hydrogens is 250 g/mol. The Morgan fingerprint density at radius 1 is 1.45 bits per heavy atom. The van der Waals surface area contributed by atoms with E-state index in [-0.39, 0.29) is 5.91 Å². The fourth-order valence-electron chi connectivity index (χ4n) is 3.15. The van der Waals surface area contributed by atoms with Crippen molar-refractivity contribution in [3.63, 3.8) is 0 Å². The van der Waals surface area contributed by atoms with E-state index in [0.717, 1.165) is 42.4 Å². The summed E-state index contributed by atoms with van der Waals surface area (Å²) < 4.78 is 0. The summed E-state index contributed by atoms with van der Waals surface area (Å²) in [5, 5.41) is 4.34. The SMILES string of the molecule is CNCC1CCCN1C(=O)Cc1c[nH]c2ccccc12. The van der Waals surface area contributed by atoms with E-state index in [1.165, 1.54) is 0 Å². The molecule has 20 heavy (non-hydrogen) atoms. The Hall–Kier alpha value is -1.81. The number of hydrogen-bond acceptors (Lipinski definition) is 2. The summed E-state index contributed by atoms with van der Waals surface area (Å²) in [6.07, 6.45) is 4.68. The maximum atomic E-state index is 12.5. The predicted molar refractivity (Wildman–Crippen MR) is 80.7 cm³/mol. The summed E-state index contributed by atoms with van der Waals surface area (Å²) in [4.78, 5) is 17.8. The van der Waals surface area contributed by atoms with Crippen molar-refractivity contribution in [2.45, 2.75) is 25.3 Å². The van der Waals surface area contributed by atoms with Gasteiger partial charge >= 0.3 is 0 Å². The standard InChI is InChI=1S/C16H21N3O/c1-17-11-13-5-4-8-19(13)16(20)9-12-10-18-15-7-3-2-6-14(12)15/h2-3,6-7,10,13,17-18H,4-5,8-9,11H2,1H3. The van der Waals surface area contributed by atoms with Crippen LogP contribution in [-0.2, 0) is 11.2 Å². The van der Waals surface area contributed by atoms with Crippen molar-refractivity contribution >= 4 is 16.8 Å². The molecule has 0 aliphatic carbocycles. The monoisotopic (exact) mass is 271 g/mol. The molecular formula is C16H21N3O. The number of likely N-dealkylation sites (N-methyl/N-ethyl adjacent to an activating group) is 1. The highest BCUT2D eigenvalue weighted by molar-refractivity contribution is 5.89. The second kappa shape index (κ2) is 5.67. The van der Waals surface area contributed by atoms with Gasteiger partial charge in [0.05, 0.1) is 6.42 Å². The molecule has 0 radical (unpaired) electrons. The summed E-state index contributed by atoms with van der Waals surface area (Å²) in [7, 11) is 1.95. The van der Waals surface area contributed by atoms with E-state index >= 15 is 0 Å². The van der Waals surface area contributed by atoms with Crippen LogP contribution in [0.25, 0.3) is 10.9 Å². The summed E-state index contributed by atoms with van der Waals surface area (Å²) in [6, 6.07) is 8.50. The van der Waals surface area contributed by atoms with Gasteiger partial charge in [-0.1, -0.05) is 18.2 Å². The second-order valence-electron chi connectivity index (χ2n) is 5.48. The molecule has 3 rings (SSSR count). The Labute approximate surface area is 119 Å². The van der Waals surface area contributed by atoms with Gasteiger partial charge in [-0.05, 0) is 31.5 Å². The molecule has 0 saturated carbocycles. The Bertz CT molecular complexity index is 605. The predicted octanol–water partition coefficient (Wildman–Crippen LogP) is 1.92. The van der Waals surface area contributed by atoms with Crippen molar-refractivity contribution in [3.05, 3.63) is 36.0 Å². The molecule has 2 heterocycles. The fourth-order valence-corrected chi connectivity index (χ4v) is 3.15. The number of amides is 1. The van der Waals surface area contributed by atoms with Crippen LogP contribution in [0, 0.1) is 0 Å². The first-order valence-corrected chi connectivity index (χ1v) is 7.28. The number of carbonyl (C=O) groups excluding carboxylic acids is 1. The first kappa shape index (κ1) is 13.2. The first-order chi connectivity index (χ1) is 9.79. The highest BCUT2D eigenvalue weighted by atomic mass is 16.2. The lowest BCUT2D eigenvalue weighted by molar-refractivity contribution is -0.131. The van der Waals surface area contributed by atoms with E-state index < -0.39 is 0 Å². The Morgan fingerprint density at radius 2 is 2.30 bits per heavy atom. The largest absolute Gasteiger partial charge is 0.361 e. The average Bonchev–Trinajstić information content (AvgIpc) is 3.07. The number of hydrogen-bond donors (Lipinski definition) is 2. The summed E-state index contributed by atoms with van der Waals surface area (Å²) in [5.41, 5.74) is 2.20. The van der Waals surface area contributed by atoms with Gasteiger partial charge < -0.3 is 15.2 Å². The van der Waals surface area contributed by atoms with Crippen molar-refractivity contribution in [1.29, 1.82) is 0 Å². The number of aromatic amines is 1. The summed E-state index contributed by atoms with van der Waals surface area (Å²) in [6.45, 7) is 1.78. The topological polar surface area (TPSA) is 48.1 Å². The number of fused-ring (bicyclic) bond motifs is 1. The van der Waals surface area contributed by atoms with Crippen LogP contribution in [0.4, 0.5) is 0 Å². The first-order valence-electron chi connectivity index (χ1n) is 7.28. The maximum Gasteiger partial charge on any atom is 0.227 e. The average molecular weight is 271 g/mol. The number of nitrogens with zero attached hydrogens (tertiary/aromatic N) is 1. The highest BCUT2D eigenvalue weighted by Gasteiger charge is 2.28. The van der Waals surface area contributed by atoms with E-state index in [4.69, 9.17) is 0 Å². The van der Waals surface area contributed by atoms with Crippen LogP contribution < -0.4 is 5.32 Å². The lowest BCUT2D eigenvalue weighted by Crippen LogP contribution is -2.41. The smallest absolute Gasteiger partial charge is 0.227 e. The zero-order valence-electron chi connectivity index (χ0n) is 11.9. The zero-order chi connectivity index (χ0) is 13.9. The molecule has 1 atom stereocenters. The van der Waals surface area contributed by atoms with Gasteiger partial charge in [0.1, 0.15) is 0 Å². The van der Waals surface area contributed by atoms with Gasteiger partial charge in [0.15, 0.2) is 0 Å². The fraction of sp³-hybridized carbons (Fsp3) is 0.438. The van der Waals surface area contributed by atoms with Crippen molar-refractivity contribution in [3.8, 4) is 0 Å². The van der Waals surface area contributed by atoms with Crippen LogP contribution in [0.3, 0.4) is 0 Å². The third kappa shape index (κ3) is 2.43. The molecule has 1 aliphatic heterocycles. The van der Waals surface area contributed by atoms with Crippen molar-refractivity contribution in [2.24, 2.45) is 0 Å². The molecule has 4 heteroatoms. The molecule has 1 aromatic heterocycles. The zero-order valence-corrected chi connectivity index (χ0v) is 11.9. The Kier molecular flexibility index (Phi) is 3.74. The van der Waals surface area contributed by atoms with Crippen LogP contribution in [0.2, 0.25) is 0 Å². The molecule has 0 bridgehead atoms. The van der Waals surface area contributed by atoms with Gasteiger partial charge in [0, 0.05) is 36.2 Å². The molecule has 106 valence electrons. The van der Waals surface area contributed by atoms with Crippen molar-refractivity contribution in [1.82, 2.24) is 15.2 Å². The number of H-pyrrole nitrogens is 1. The third-order valence-electron chi connectivity index (χ3n) is 4.15. The summed E-state index contributed by atoms with van der Waals surface area (Å²) in [5.74, 6) is 0.243. The van der Waals surface area contributed by atoms with E-state index in [2.05, 4.69) is 16.4 Å². The van der Waals surface area contributed by atoms with E-state index in [0.29, 0.717) is 12.5 Å². The minimum atomic E-state index is 0.243. The lowest BCUT2D eigenvalue weighted by atomic mass is 10.1. The van der Waals surface area contributed by atoms with E-state index in [1.807, 2.05) is 36.3 Å². The van der Waals surface area contributed by atoms with Crippen LogP contribution in [0.5, 0.6) is 0 Å². The van der Waals surface area contributed by atoms with Gasteiger partial charge in [-0.3, -0.25) is 4.79 Å².